The predicted molar refractivity (Wildman–Crippen MR) is 43.7 cm³/mol. The maximum Gasteiger partial charge on any atom is 0.256 e. The second-order valence-corrected chi connectivity index (χ2v) is 2.75. The van der Waals surface area contributed by atoms with Gasteiger partial charge in [0, 0.05) is 5.69 Å². The molecule has 66 valence electrons. The number of pyridine rings is 1. The monoisotopic (exact) mass is 169 g/mol. The lowest BCUT2D eigenvalue weighted by Crippen LogP contribution is -2.18. The average molecular weight is 169 g/mol. The highest BCUT2D eigenvalue weighted by Gasteiger charge is 2.11. The third-order valence-corrected chi connectivity index (χ3v) is 1.67. The summed E-state index contributed by atoms with van der Waals surface area (Å²) >= 11 is 0. The van der Waals surface area contributed by atoms with Crippen LogP contribution < -0.4 is 5.56 Å². The molecule has 0 aliphatic rings. The van der Waals surface area contributed by atoms with Gasteiger partial charge in [0.05, 0.1) is 5.56 Å². The van der Waals surface area contributed by atoms with Crippen LogP contribution in [0.4, 0.5) is 0 Å². The summed E-state index contributed by atoms with van der Waals surface area (Å²) in [6.45, 7) is 3.40. The Balaban J connectivity index is 3.39. The molecular formula is C8H11NO3. The van der Waals surface area contributed by atoms with Crippen molar-refractivity contribution in [1.82, 2.24) is 4.98 Å². The number of rotatable bonds is 1. The van der Waals surface area contributed by atoms with Crippen LogP contribution in [0.1, 0.15) is 23.1 Å². The first-order valence-corrected chi connectivity index (χ1v) is 3.59. The number of aliphatic hydroxyl groups excluding tert-OH is 1. The third-order valence-electron chi connectivity index (χ3n) is 1.67. The number of aliphatic hydroxyl groups is 2. The van der Waals surface area contributed by atoms with Crippen LogP contribution in [-0.2, 0) is 0 Å². The lowest BCUT2D eigenvalue weighted by atomic mass is 10.1. The summed E-state index contributed by atoms with van der Waals surface area (Å²) in [7, 11) is 0. The Labute approximate surface area is 69.5 Å². The van der Waals surface area contributed by atoms with Crippen LogP contribution >= 0.6 is 0 Å². The van der Waals surface area contributed by atoms with Gasteiger partial charge in [0.15, 0.2) is 6.29 Å². The Bertz CT molecular complexity index is 341. The molecule has 3 N–H and O–H groups in total. The van der Waals surface area contributed by atoms with Crippen LogP contribution in [0.2, 0.25) is 0 Å². The second kappa shape index (κ2) is 3.08. The highest BCUT2D eigenvalue weighted by molar-refractivity contribution is 5.25. The van der Waals surface area contributed by atoms with E-state index in [1.165, 1.54) is 0 Å². The number of aromatic amines is 1. The highest BCUT2D eigenvalue weighted by Crippen LogP contribution is 2.09. The standard InChI is InChI=1S/C8H11NO3/c1-4-3-5(2)9-7(10)6(4)8(11)12/h3,8,11-12H,1-2H3,(H,9,10). The van der Waals surface area contributed by atoms with E-state index in [0.717, 1.165) is 0 Å². The minimum atomic E-state index is -1.70. The molecule has 0 aromatic carbocycles. The molecule has 0 saturated carbocycles. The van der Waals surface area contributed by atoms with Crippen molar-refractivity contribution in [1.29, 1.82) is 0 Å². The summed E-state index contributed by atoms with van der Waals surface area (Å²) in [4.78, 5) is 13.6. The first kappa shape index (κ1) is 8.96. The molecule has 1 rings (SSSR count). The molecule has 4 heteroatoms. The summed E-state index contributed by atoms with van der Waals surface area (Å²) in [6, 6.07) is 1.69. The fourth-order valence-corrected chi connectivity index (χ4v) is 1.18. The largest absolute Gasteiger partial charge is 0.364 e. The summed E-state index contributed by atoms with van der Waals surface area (Å²) in [6.07, 6.45) is -1.70. The molecule has 0 unspecified atom stereocenters. The van der Waals surface area contributed by atoms with Gasteiger partial charge < -0.3 is 15.2 Å². The van der Waals surface area contributed by atoms with E-state index in [1.54, 1.807) is 19.9 Å². The zero-order valence-corrected chi connectivity index (χ0v) is 6.96. The Morgan fingerprint density at radius 1 is 1.42 bits per heavy atom. The molecule has 4 nitrogen and oxygen atoms in total. The lowest BCUT2D eigenvalue weighted by Gasteiger charge is -2.06. The van der Waals surface area contributed by atoms with E-state index in [-0.39, 0.29) is 5.56 Å². The Morgan fingerprint density at radius 2 is 2.00 bits per heavy atom. The Hall–Kier alpha value is -1.13. The van der Waals surface area contributed by atoms with E-state index >= 15 is 0 Å². The van der Waals surface area contributed by atoms with Crippen molar-refractivity contribution in [2.75, 3.05) is 0 Å². The van der Waals surface area contributed by atoms with Gasteiger partial charge in [-0.3, -0.25) is 4.79 Å². The van der Waals surface area contributed by atoms with Crippen LogP contribution in [0.3, 0.4) is 0 Å². The van der Waals surface area contributed by atoms with Crippen molar-refractivity contribution in [2.45, 2.75) is 20.1 Å². The molecule has 12 heavy (non-hydrogen) atoms. The number of H-pyrrole nitrogens is 1. The minimum absolute atomic E-state index is 0.0144. The van der Waals surface area contributed by atoms with Gasteiger partial charge in [-0.2, -0.15) is 0 Å². The van der Waals surface area contributed by atoms with E-state index < -0.39 is 11.8 Å². The fourth-order valence-electron chi connectivity index (χ4n) is 1.18. The predicted octanol–water partition coefficient (Wildman–Crippen LogP) is -0.0251. The van der Waals surface area contributed by atoms with Crippen molar-refractivity contribution in [2.24, 2.45) is 0 Å². The smallest absolute Gasteiger partial charge is 0.256 e. The minimum Gasteiger partial charge on any atom is -0.364 e. The number of hydrogen-bond acceptors (Lipinski definition) is 3. The molecule has 0 atom stereocenters. The molecule has 1 aromatic rings. The van der Waals surface area contributed by atoms with Crippen LogP contribution in [-0.4, -0.2) is 15.2 Å². The average Bonchev–Trinajstić information content (AvgIpc) is 1.82. The Morgan fingerprint density at radius 3 is 2.42 bits per heavy atom. The van der Waals surface area contributed by atoms with Crippen molar-refractivity contribution in [3.05, 3.63) is 33.2 Å². The zero-order chi connectivity index (χ0) is 9.30. The summed E-state index contributed by atoms with van der Waals surface area (Å²) < 4.78 is 0. The molecule has 0 saturated heterocycles. The molecule has 0 bridgehead atoms. The fraction of sp³-hybridized carbons (Fsp3) is 0.375. The molecule has 0 spiro atoms. The van der Waals surface area contributed by atoms with E-state index in [4.69, 9.17) is 10.2 Å². The number of hydrogen-bond donors (Lipinski definition) is 3. The lowest BCUT2D eigenvalue weighted by molar-refractivity contribution is -0.0440. The van der Waals surface area contributed by atoms with E-state index in [1.807, 2.05) is 0 Å². The highest BCUT2D eigenvalue weighted by atomic mass is 16.5. The topological polar surface area (TPSA) is 73.3 Å². The first-order chi connectivity index (χ1) is 5.52. The van der Waals surface area contributed by atoms with Gasteiger partial charge in [-0.1, -0.05) is 0 Å². The van der Waals surface area contributed by atoms with Crippen LogP contribution in [0.15, 0.2) is 10.9 Å². The quantitative estimate of drug-likeness (QED) is 0.517. The van der Waals surface area contributed by atoms with Gasteiger partial charge in [0.25, 0.3) is 5.56 Å². The molecule has 0 radical (unpaired) electrons. The number of nitrogens with one attached hydrogen (secondary N) is 1. The van der Waals surface area contributed by atoms with Crippen molar-refractivity contribution >= 4 is 0 Å². The van der Waals surface area contributed by atoms with Crippen molar-refractivity contribution in [3.63, 3.8) is 0 Å². The molecule has 1 heterocycles. The van der Waals surface area contributed by atoms with Gasteiger partial charge in [-0.05, 0) is 25.5 Å². The molecular weight excluding hydrogens is 158 g/mol. The third kappa shape index (κ3) is 1.54. The van der Waals surface area contributed by atoms with Gasteiger partial charge in [0.2, 0.25) is 0 Å². The molecule has 0 aliphatic heterocycles. The molecule has 1 aromatic heterocycles. The first-order valence-electron chi connectivity index (χ1n) is 3.59. The summed E-state index contributed by atoms with van der Waals surface area (Å²) in [5.74, 6) is 0. The van der Waals surface area contributed by atoms with Crippen molar-refractivity contribution < 1.29 is 10.2 Å². The van der Waals surface area contributed by atoms with E-state index in [9.17, 15) is 4.79 Å². The molecule has 0 fully saturated rings. The Kier molecular flexibility index (Phi) is 2.30. The SMILES string of the molecule is Cc1cc(C)c(C(O)O)c(=O)[nH]1. The van der Waals surface area contributed by atoms with E-state index in [0.29, 0.717) is 11.3 Å². The number of aromatic nitrogens is 1. The normalized spacial score (nSPS) is 10.8. The summed E-state index contributed by atoms with van der Waals surface area (Å²) in [5, 5.41) is 17.6. The van der Waals surface area contributed by atoms with Crippen LogP contribution in [0.25, 0.3) is 0 Å². The van der Waals surface area contributed by atoms with Gasteiger partial charge in [-0.25, -0.2) is 0 Å². The van der Waals surface area contributed by atoms with Crippen LogP contribution in [0.5, 0.6) is 0 Å². The molecule has 0 amide bonds. The maximum absolute atomic E-state index is 11.1. The van der Waals surface area contributed by atoms with Gasteiger partial charge >= 0.3 is 0 Å². The van der Waals surface area contributed by atoms with Gasteiger partial charge in [-0.15, -0.1) is 0 Å². The molecule has 0 aliphatic carbocycles. The second-order valence-electron chi connectivity index (χ2n) is 2.75. The van der Waals surface area contributed by atoms with E-state index in [2.05, 4.69) is 4.98 Å². The van der Waals surface area contributed by atoms with Crippen molar-refractivity contribution in [3.8, 4) is 0 Å². The summed E-state index contributed by atoms with van der Waals surface area (Å²) in [5.41, 5.74) is 0.872. The van der Waals surface area contributed by atoms with Gasteiger partial charge in [0.1, 0.15) is 0 Å². The maximum atomic E-state index is 11.1. The van der Waals surface area contributed by atoms with Crippen LogP contribution in [0, 0.1) is 13.8 Å². The number of aryl methyl sites for hydroxylation is 2. The zero-order valence-electron chi connectivity index (χ0n) is 6.96.